The molecule has 1 saturated heterocycles. The van der Waals surface area contributed by atoms with Crippen LogP contribution in [0.1, 0.15) is 23.9 Å². The lowest BCUT2D eigenvalue weighted by Gasteiger charge is -2.25. The van der Waals surface area contributed by atoms with Gasteiger partial charge in [-0.2, -0.15) is 4.98 Å². The molecule has 2 heterocycles. The van der Waals surface area contributed by atoms with Crippen LogP contribution in [0.5, 0.6) is 0 Å². The highest BCUT2D eigenvalue weighted by molar-refractivity contribution is 6.30. The van der Waals surface area contributed by atoms with E-state index < -0.39 is 0 Å². The molecule has 1 atom stereocenters. The summed E-state index contributed by atoms with van der Waals surface area (Å²) in [6, 6.07) is 18.1. The fourth-order valence-electron chi connectivity index (χ4n) is 3.43. The number of hydrogen-bond acceptors (Lipinski definition) is 6. The van der Waals surface area contributed by atoms with Crippen molar-refractivity contribution < 1.29 is 4.74 Å². The van der Waals surface area contributed by atoms with Crippen molar-refractivity contribution in [2.24, 2.45) is 0 Å². The van der Waals surface area contributed by atoms with Gasteiger partial charge in [-0.25, -0.2) is 0 Å². The van der Waals surface area contributed by atoms with Crippen molar-refractivity contribution in [3.05, 3.63) is 71.0 Å². The van der Waals surface area contributed by atoms with E-state index >= 15 is 0 Å². The summed E-state index contributed by atoms with van der Waals surface area (Å²) in [6.45, 7) is 4.72. The van der Waals surface area contributed by atoms with Crippen molar-refractivity contribution >= 4 is 48.1 Å². The summed E-state index contributed by atoms with van der Waals surface area (Å²) in [5.41, 5.74) is 2.27. The van der Waals surface area contributed by atoms with Gasteiger partial charge < -0.3 is 20.3 Å². The zero-order valence-corrected chi connectivity index (χ0v) is 20.1. The SMILES string of the molecule is Cl.Cl.Clc1ccc(NC(CCNCc2ccccc2)c2nc(N3CCOCC3)n[nH]2)cc1. The summed E-state index contributed by atoms with van der Waals surface area (Å²) in [4.78, 5) is 6.92. The molecule has 1 aromatic heterocycles. The second-order valence-corrected chi connectivity index (χ2v) is 7.71. The molecule has 0 amide bonds. The topological polar surface area (TPSA) is 78.1 Å². The number of H-pyrrole nitrogens is 1. The molecule has 0 radical (unpaired) electrons. The number of nitrogens with one attached hydrogen (secondary N) is 3. The third kappa shape index (κ3) is 7.53. The van der Waals surface area contributed by atoms with E-state index in [0.717, 1.165) is 55.1 Å². The van der Waals surface area contributed by atoms with E-state index in [-0.39, 0.29) is 30.9 Å². The van der Waals surface area contributed by atoms with Gasteiger partial charge in [-0.1, -0.05) is 41.9 Å². The summed E-state index contributed by atoms with van der Waals surface area (Å²) < 4.78 is 5.43. The maximum absolute atomic E-state index is 6.03. The average Bonchev–Trinajstić information content (AvgIpc) is 3.29. The number of aromatic nitrogens is 3. The van der Waals surface area contributed by atoms with E-state index in [1.165, 1.54) is 5.56 Å². The predicted molar refractivity (Wildman–Crippen MR) is 134 cm³/mol. The lowest BCUT2D eigenvalue weighted by Crippen LogP contribution is -2.36. The Morgan fingerprint density at radius 1 is 1.03 bits per heavy atom. The van der Waals surface area contributed by atoms with Crippen molar-refractivity contribution in [2.45, 2.75) is 19.0 Å². The molecule has 0 bridgehead atoms. The summed E-state index contributed by atoms with van der Waals surface area (Å²) >= 11 is 6.03. The summed E-state index contributed by atoms with van der Waals surface area (Å²) in [7, 11) is 0. The Kier molecular flexibility index (Phi) is 11.1. The number of nitrogens with zero attached hydrogens (tertiary/aromatic N) is 3. The second-order valence-electron chi connectivity index (χ2n) is 7.27. The van der Waals surface area contributed by atoms with E-state index in [4.69, 9.17) is 21.3 Å². The van der Waals surface area contributed by atoms with Crippen LogP contribution in [0.25, 0.3) is 0 Å². The molecule has 1 aliphatic rings. The maximum atomic E-state index is 6.03. The third-order valence-corrected chi connectivity index (χ3v) is 5.33. The van der Waals surface area contributed by atoms with Gasteiger partial charge >= 0.3 is 0 Å². The van der Waals surface area contributed by atoms with Gasteiger partial charge in [-0.3, -0.25) is 5.10 Å². The molecule has 10 heteroatoms. The number of halogens is 3. The lowest BCUT2D eigenvalue weighted by atomic mass is 10.1. The molecule has 174 valence electrons. The molecule has 1 fully saturated rings. The third-order valence-electron chi connectivity index (χ3n) is 5.08. The summed E-state index contributed by atoms with van der Waals surface area (Å²) in [5, 5.41) is 15.4. The molecule has 7 nitrogen and oxygen atoms in total. The van der Waals surface area contributed by atoms with E-state index in [0.29, 0.717) is 13.2 Å². The molecule has 0 aliphatic carbocycles. The van der Waals surface area contributed by atoms with Crippen molar-refractivity contribution in [2.75, 3.05) is 43.1 Å². The largest absolute Gasteiger partial charge is 0.378 e. The summed E-state index contributed by atoms with van der Waals surface area (Å²) in [5.74, 6) is 1.56. The first kappa shape index (κ1) is 26.2. The van der Waals surface area contributed by atoms with Crippen LogP contribution in [0.2, 0.25) is 5.02 Å². The van der Waals surface area contributed by atoms with Gasteiger partial charge in [0.15, 0.2) is 0 Å². The van der Waals surface area contributed by atoms with E-state index in [1.54, 1.807) is 0 Å². The van der Waals surface area contributed by atoms with E-state index in [2.05, 4.69) is 50.0 Å². The lowest BCUT2D eigenvalue weighted by molar-refractivity contribution is 0.122. The van der Waals surface area contributed by atoms with Gasteiger partial charge in [0.25, 0.3) is 0 Å². The molecule has 32 heavy (non-hydrogen) atoms. The molecule has 0 saturated carbocycles. The minimum absolute atomic E-state index is 0. The molecular weight excluding hydrogens is 471 g/mol. The van der Waals surface area contributed by atoms with Gasteiger partial charge in [0.05, 0.1) is 19.3 Å². The highest BCUT2D eigenvalue weighted by atomic mass is 35.5. The quantitative estimate of drug-likeness (QED) is 0.377. The van der Waals surface area contributed by atoms with Gasteiger partial charge in [-0.05, 0) is 42.8 Å². The number of anilines is 2. The molecule has 3 aromatic rings. The standard InChI is InChI=1S/C22H27ClN6O.2ClH/c23-18-6-8-19(9-7-18)25-20(10-11-24-16-17-4-2-1-3-5-17)21-26-22(28-27-21)29-12-14-30-15-13-29;;/h1-9,20,24-25H,10-16H2,(H,26,27,28);2*1H. The van der Waals surface area contributed by atoms with Gasteiger partial charge in [-0.15, -0.1) is 29.9 Å². The first-order chi connectivity index (χ1) is 14.8. The Morgan fingerprint density at radius 3 is 2.47 bits per heavy atom. The zero-order valence-electron chi connectivity index (χ0n) is 17.7. The average molecular weight is 500 g/mol. The number of hydrogen-bond donors (Lipinski definition) is 3. The van der Waals surface area contributed by atoms with Gasteiger partial charge in [0.1, 0.15) is 5.82 Å². The molecule has 2 aromatic carbocycles. The molecule has 1 unspecified atom stereocenters. The van der Waals surface area contributed by atoms with Crippen molar-refractivity contribution in [1.82, 2.24) is 20.5 Å². The molecule has 4 rings (SSSR count). The zero-order chi connectivity index (χ0) is 20.6. The first-order valence-corrected chi connectivity index (χ1v) is 10.7. The molecular formula is C22H29Cl3N6O. The molecule has 0 spiro atoms. The van der Waals surface area contributed by atoms with Gasteiger partial charge in [0.2, 0.25) is 5.95 Å². The highest BCUT2D eigenvalue weighted by Crippen LogP contribution is 2.23. The van der Waals surface area contributed by atoms with Crippen molar-refractivity contribution in [3.63, 3.8) is 0 Å². The number of ether oxygens (including phenoxy) is 1. The Balaban J connectivity index is 0.00000181. The first-order valence-electron chi connectivity index (χ1n) is 10.3. The van der Waals surface area contributed by atoms with Crippen LogP contribution >= 0.6 is 36.4 Å². The smallest absolute Gasteiger partial charge is 0.244 e. The van der Waals surface area contributed by atoms with E-state index in [9.17, 15) is 0 Å². The van der Waals surface area contributed by atoms with Crippen LogP contribution in [-0.4, -0.2) is 48.0 Å². The number of aromatic amines is 1. The van der Waals surface area contributed by atoms with Crippen LogP contribution in [-0.2, 0) is 11.3 Å². The number of rotatable bonds is 9. The van der Waals surface area contributed by atoms with Crippen LogP contribution < -0.4 is 15.5 Å². The second kappa shape index (κ2) is 13.5. The highest BCUT2D eigenvalue weighted by Gasteiger charge is 2.20. The monoisotopic (exact) mass is 498 g/mol. The van der Waals surface area contributed by atoms with Crippen LogP contribution in [0.4, 0.5) is 11.6 Å². The number of morpholine rings is 1. The summed E-state index contributed by atoms with van der Waals surface area (Å²) in [6.07, 6.45) is 0.854. The Hall–Kier alpha value is -2.03. The Labute approximate surface area is 206 Å². The normalized spacial score (nSPS) is 14.2. The number of benzene rings is 2. The predicted octanol–water partition coefficient (Wildman–Crippen LogP) is 4.47. The van der Waals surface area contributed by atoms with Crippen LogP contribution in [0.3, 0.4) is 0 Å². The van der Waals surface area contributed by atoms with Gasteiger partial charge in [0, 0.05) is 30.3 Å². The van der Waals surface area contributed by atoms with Crippen molar-refractivity contribution in [1.29, 1.82) is 0 Å². The fraction of sp³-hybridized carbons (Fsp3) is 0.364. The maximum Gasteiger partial charge on any atom is 0.244 e. The van der Waals surface area contributed by atoms with Crippen LogP contribution in [0.15, 0.2) is 54.6 Å². The Bertz CT molecular complexity index is 904. The Morgan fingerprint density at radius 2 is 1.75 bits per heavy atom. The van der Waals surface area contributed by atoms with E-state index in [1.807, 2.05) is 30.3 Å². The van der Waals surface area contributed by atoms with Crippen molar-refractivity contribution in [3.8, 4) is 0 Å². The minimum atomic E-state index is -0.00302. The molecule has 1 aliphatic heterocycles. The van der Waals surface area contributed by atoms with Crippen LogP contribution in [0, 0.1) is 0 Å². The fourth-order valence-corrected chi connectivity index (χ4v) is 3.55. The molecule has 3 N–H and O–H groups in total. The minimum Gasteiger partial charge on any atom is -0.378 e.